The second-order valence-electron chi connectivity index (χ2n) is 5.73. The maximum Gasteiger partial charge on any atom is 0.0923 e. The third-order valence-electron chi connectivity index (χ3n) is 3.92. The van der Waals surface area contributed by atoms with E-state index in [9.17, 15) is 0 Å². The Hall–Kier alpha value is -1.94. The summed E-state index contributed by atoms with van der Waals surface area (Å²) in [5.41, 5.74) is 4.71. The Morgan fingerprint density at radius 3 is 2.55 bits per heavy atom. The number of hydrogen-bond donors (Lipinski definition) is 0. The highest BCUT2D eigenvalue weighted by molar-refractivity contribution is 5.62. The van der Waals surface area contributed by atoms with Crippen LogP contribution in [0.2, 0.25) is 0 Å². The Kier molecular flexibility index (Phi) is 7.54. The van der Waals surface area contributed by atoms with Crippen molar-refractivity contribution < 1.29 is 0 Å². The first-order valence-corrected chi connectivity index (χ1v) is 8.25. The summed E-state index contributed by atoms with van der Waals surface area (Å²) in [6, 6.07) is 7.02. The van der Waals surface area contributed by atoms with Gasteiger partial charge in [-0.1, -0.05) is 56.0 Å². The van der Waals surface area contributed by atoms with Crippen LogP contribution in [0.15, 0.2) is 42.1 Å². The molecule has 0 bridgehead atoms. The maximum absolute atomic E-state index is 5.83. The van der Waals surface area contributed by atoms with E-state index in [1.807, 2.05) is 25.2 Å². The van der Waals surface area contributed by atoms with E-state index < -0.39 is 0 Å². The fraction of sp³-hybridized carbons (Fsp3) is 0.429. The quantitative estimate of drug-likeness (QED) is 0.455. The van der Waals surface area contributed by atoms with Crippen LogP contribution in [0.5, 0.6) is 0 Å². The van der Waals surface area contributed by atoms with Gasteiger partial charge in [0.15, 0.2) is 0 Å². The van der Waals surface area contributed by atoms with Crippen LogP contribution in [-0.4, -0.2) is 6.04 Å². The van der Waals surface area contributed by atoms with Crippen LogP contribution in [0.25, 0.3) is 0 Å². The molecule has 0 aliphatic heterocycles. The SMILES string of the molecule is C#C/C(=C\C=C/C)N(c1ccc(C)cc1C)C(CC)CCC. The molecule has 1 rings (SSSR count). The molecule has 0 aliphatic rings. The van der Waals surface area contributed by atoms with Gasteiger partial charge < -0.3 is 4.90 Å². The van der Waals surface area contributed by atoms with E-state index in [-0.39, 0.29) is 0 Å². The van der Waals surface area contributed by atoms with Gasteiger partial charge in [-0.3, -0.25) is 0 Å². The van der Waals surface area contributed by atoms with E-state index >= 15 is 0 Å². The summed E-state index contributed by atoms with van der Waals surface area (Å²) >= 11 is 0. The molecule has 1 nitrogen and oxygen atoms in total. The standard InChI is InChI=1S/C21H29N/c1-7-11-13-20(10-4)22(19(9-3)12-8-2)21-15-14-17(5)16-18(21)6/h4,7,11,13-16,19H,8-9,12H2,1-3,5-6H3/b11-7-,20-13+. The molecule has 0 radical (unpaired) electrons. The van der Waals surface area contributed by atoms with Crippen LogP contribution < -0.4 is 4.90 Å². The Morgan fingerprint density at radius 2 is 2.05 bits per heavy atom. The summed E-state index contributed by atoms with van der Waals surface area (Å²) in [6.45, 7) is 10.8. The molecule has 22 heavy (non-hydrogen) atoms. The van der Waals surface area contributed by atoms with Gasteiger partial charge in [-0.15, -0.1) is 6.42 Å². The molecule has 0 fully saturated rings. The highest BCUT2D eigenvalue weighted by atomic mass is 15.2. The third-order valence-corrected chi connectivity index (χ3v) is 3.92. The molecule has 1 unspecified atom stereocenters. The zero-order valence-electron chi connectivity index (χ0n) is 14.7. The molecule has 0 spiro atoms. The number of anilines is 1. The zero-order chi connectivity index (χ0) is 16.5. The molecule has 0 aromatic heterocycles. The molecule has 0 aliphatic carbocycles. The number of rotatable bonds is 7. The van der Waals surface area contributed by atoms with Gasteiger partial charge in [-0.05, 0) is 51.3 Å². The highest BCUT2D eigenvalue weighted by Gasteiger charge is 2.21. The third kappa shape index (κ3) is 4.53. The summed E-state index contributed by atoms with van der Waals surface area (Å²) in [5, 5.41) is 0. The van der Waals surface area contributed by atoms with Crippen molar-refractivity contribution in [3.8, 4) is 12.3 Å². The van der Waals surface area contributed by atoms with Gasteiger partial charge in [0.25, 0.3) is 0 Å². The minimum atomic E-state index is 0.430. The molecule has 0 saturated heterocycles. The molecule has 1 aromatic rings. The Bertz CT molecular complexity index is 572. The number of terminal acetylenes is 1. The van der Waals surface area contributed by atoms with Gasteiger partial charge in [0.1, 0.15) is 0 Å². The van der Waals surface area contributed by atoms with Gasteiger partial charge in [0.05, 0.1) is 5.70 Å². The Labute approximate surface area is 136 Å². The molecule has 1 heteroatoms. The van der Waals surface area contributed by atoms with E-state index in [0.29, 0.717) is 6.04 Å². The lowest BCUT2D eigenvalue weighted by atomic mass is 10.0. The summed E-state index contributed by atoms with van der Waals surface area (Å²) in [7, 11) is 0. The molecule has 0 amide bonds. The van der Waals surface area contributed by atoms with Crippen molar-refractivity contribution >= 4 is 5.69 Å². The Morgan fingerprint density at radius 1 is 1.32 bits per heavy atom. The van der Waals surface area contributed by atoms with Crippen LogP contribution >= 0.6 is 0 Å². The minimum absolute atomic E-state index is 0.430. The Balaban J connectivity index is 3.41. The normalized spacial score (nSPS) is 13.2. The number of benzene rings is 1. The molecule has 0 saturated carbocycles. The van der Waals surface area contributed by atoms with E-state index in [1.54, 1.807) is 0 Å². The second-order valence-corrected chi connectivity index (χ2v) is 5.73. The smallest absolute Gasteiger partial charge is 0.0923 e. The van der Waals surface area contributed by atoms with Gasteiger partial charge in [-0.2, -0.15) is 0 Å². The van der Waals surface area contributed by atoms with Crippen molar-refractivity contribution in [1.82, 2.24) is 0 Å². The zero-order valence-corrected chi connectivity index (χ0v) is 14.7. The fourth-order valence-corrected chi connectivity index (χ4v) is 2.83. The lowest BCUT2D eigenvalue weighted by Crippen LogP contribution is -2.34. The van der Waals surface area contributed by atoms with Crippen LogP contribution in [0.1, 0.15) is 51.2 Å². The number of aryl methyl sites for hydroxylation is 2. The fourth-order valence-electron chi connectivity index (χ4n) is 2.83. The van der Waals surface area contributed by atoms with E-state index in [4.69, 9.17) is 6.42 Å². The average Bonchev–Trinajstić information content (AvgIpc) is 2.51. The summed E-state index contributed by atoms with van der Waals surface area (Å²) in [6.07, 6.45) is 15.3. The predicted molar refractivity (Wildman–Crippen MR) is 99.1 cm³/mol. The number of allylic oxidation sites excluding steroid dienone is 4. The summed E-state index contributed by atoms with van der Waals surface area (Å²) in [4.78, 5) is 2.35. The van der Waals surface area contributed by atoms with Crippen LogP contribution in [0, 0.1) is 26.2 Å². The summed E-state index contributed by atoms with van der Waals surface area (Å²) < 4.78 is 0. The largest absolute Gasteiger partial charge is 0.331 e. The molecular weight excluding hydrogens is 266 g/mol. The molecule has 0 N–H and O–H groups in total. The first kappa shape index (κ1) is 18.1. The van der Waals surface area contributed by atoms with E-state index in [2.05, 4.69) is 56.7 Å². The van der Waals surface area contributed by atoms with Crippen molar-refractivity contribution in [1.29, 1.82) is 0 Å². The van der Waals surface area contributed by atoms with Gasteiger partial charge >= 0.3 is 0 Å². The molecule has 118 valence electrons. The molecule has 1 atom stereocenters. The lowest BCUT2D eigenvalue weighted by molar-refractivity contribution is 0.562. The first-order chi connectivity index (χ1) is 10.6. The number of nitrogens with zero attached hydrogens (tertiary/aromatic N) is 1. The van der Waals surface area contributed by atoms with E-state index in [1.165, 1.54) is 16.8 Å². The van der Waals surface area contributed by atoms with Gasteiger partial charge in [-0.25, -0.2) is 0 Å². The monoisotopic (exact) mass is 295 g/mol. The van der Waals surface area contributed by atoms with Crippen LogP contribution in [0.3, 0.4) is 0 Å². The second kappa shape index (κ2) is 9.15. The minimum Gasteiger partial charge on any atom is -0.331 e. The lowest BCUT2D eigenvalue weighted by Gasteiger charge is -2.34. The number of hydrogen-bond acceptors (Lipinski definition) is 1. The average molecular weight is 295 g/mol. The maximum atomic E-state index is 5.83. The van der Waals surface area contributed by atoms with Crippen LogP contribution in [0.4, 0.5) is 5.69 Å². The van der Waals surface area contributed by atoms with E-state index in [0.717, 1.165) is 25.0 Å². The first-order valence-electron chi connectivity index (χ1n) is 8.25. The molecular formula is C21H29N. The van der Waals surface area contributed by atoms with Gasteiger partial charge in [0.2, 0.25) is 0 Å². The van der Waals surface area contributed by atoms with Crippen molar-refractivity contribution in [2.24, 2.45) is 0 Å². The highest BCUT2D eigenvalue weighted by Crippen LogP contribution is 2.29. The topological polar surface area (TPSA) is 3.24 Å². The van der Waals surface area contributed by atoms with Gasteiger partial charge in [0, 0.05) is 11.7 Å². The van der Waals surface area contributed by atoms with Crippen molar-refractivity contribution in [3.05, 3.63) is 53.3 Å². The van der Waals surface area contributed by atoms with Crippen LogP contribution in [-0.2, 0) is 0 Å². The molecule has 1 aromatic carbocycles. The van der Waals surface area contributed by atoms with Crippen molar-refractivity contribution in [3.63, 3.8) is 0 Å². The van der Waals surface area contributed by atoms with Crippen molar-refractivity contribution in [2.45, 2.75) is 59.9 Å². The molecule has 0 heterocycles. The summed E-state index contributed by atoms with van der Waals surface area (Å²) in [5.74, 6) is 2.89. The van der Waals surface area contributed by atoms with Crippen molar-refractivity contribution in [2.75, 3.05) is 4.90 Å². The predicted octanol–water partition coefficient (Wildman–Crippen LogP) is 5.78.